The molecule has 0 unspecified atom stereocenters. The zero-order chi connectivity index (χ0) is 20.8. The van der Waals surface area contributed by atoms with Gasteiger partial charge in [-0.2, -0.15) is 0 Å². The topological polar surface area (TPSA) is 58.9 Å². The SMILES string of the molecule is O=C(O)/C(=N/OC(c1ccccc1)(c1ccccc1)c1ccccc1)c1cccs1. The van der Waals surface area contributed by atoms with Gasteiger partial charge in [-0.3, -0.25) is 0 Å². The number of carbonyl (C=O) groups is 1. The van der Waals surface area contributed by atoms with Gasteiger partial charge >= 0.3 is 5.97 Å². The fraction of sp³-hybridized carbons (Fsp3) is 0.0400. The Morgan fingerprint density at radius 2 is 1.20 bits per heavy atom. The van der Waals surface area contributed by atoms with Crippen LogP contribution >= 0.6 is 11.3 Å². The van der Waals surface area contributed by atoms with Gasteiger partial charge in [-0.15, -0.1) is 11.3 Å². The smallest absolute Gasteiger partial charge is 0.359 e. The highest BCUT2D eigenvalue weighted by Crippen LogP contribution is 2.40. The Balaban J connectivity index is 1.95. The monoisotopic (exact) mass is 413 g/mol. The summed E-state index contributed by atoms with van der Waals surface area (Å²) in [5.74, 6) is -1.14. The Bertz CT molecular complexity index is 1030. The second-order valence-corrected chi connectivity index (χ2v) is 7.54. The molecule has 0 aliphatic heterocycles. The summed E-state index contributed by atoms with van der Waals surface area (Å²) < 4.78 is 0. The summed E-state index contributed by atoms with van der Waals surface area (Å²) in [5.41, 5.74) is 1.31. The van der Waals surface area contributed by atoms with Gasteiger partial charge in [-0.25, -0.2) is 4.79 Å². The lowest BCUT2D eigenvalue weighted by Crippen LogP contribution is -2.32. The van der Waals surface area contributed by atoms with Gasteiger partial charge < -0.3 is 9.94 Å². The maximum Gasteiger partial charge on any atom is 0.359 e. The molecule has 4 rings (SSSR count). The van der Waals surface area contributed by atoms with Crippen LogP contribution in [0.2, 0.25) is 0 Å². The lowest BCUT2D eigenvalue weighted by molar-refractivity contribution is -0.129. The van der Waals surface area contributed by atoms with E-state index in [0.29, 0.717) is 4.88 Å². The van der Waals surface area contributed by atoms with Gasteiger partial charge in [0, 0.05) is 16.7 Å². The minimum atomic E-state index is -1.14. The van der Waals surface area contributed by atoms with Gasteiger partial charge in [0.1, 0.15) is 0 Å². The lowest BCUT2D eigenvalue weighted by atomic mass is 9.80. The standard InChI is InChI=1S/C25H19NO3S/c27-24(28)23(22-17-10-18-30-22)26-29-25(19-11-4-1-5-12-19,20-13-6-2-7-14-20)21-15-8-3-9-16-21/h1-18H,(H,27,28)/b26-23+. The molecule has 1 heterocycles. The van der Waals surface area contributed by atoms with Crippen LogP contribution < -0.4 is 0 Å². The van der Waals surface area contributed by atoms with Gasteiger partial charge in [0.25, 0.3) is 0 Å². The largest absolute Gasteiger partial charge is 0.476 e. The fourth-order valence-electron chi connectivity index (χ4n) is 3.39. The van der Waals surface area contributed by atoms with Crippen molar-refractivity contribution in [1.82, 2.24) is 0 Å². The van der Waals surface area contributed by atoms with Crippen LogP contribution in [0.15, 0.2) is 114 Å². The molecule has 3 aromatic carbocycles. The number of rotatable bonds is 7. The van der Waals surface area contributed by atoms with Crippen molar-refractivity contribution in [2.24, 2.45) is 5.16 Å². The van der Waals surface area contributed by atoms with Crippen molar-refractivity contribution in [3.63, 3.8) is 0 Å². The van der Waals surface area contributed by atoms with Gasteiger partial charge in [0.2, 0.25) is 11.3 Å². The number of aliphatic carboxylic acids is 1. The zero-order valence-corrected chi connectivity index (χ0v) is 16.8. The molecule has 4 aromatic rings. The van der Waals surface area contributed by atoms with Crippen molar-refractivity contribution in [2.45, 2.75) is 5.60 Å². The number of nitrogens with zero attached hydrogens (tertiary/aromatic N) is 1. The predicted octanol–water partition coefficient (Wildman–Crippen LogP) is 5.55. The average molecular weight is 413 g/mol. The molecule has 0 amide bonds. The number of thiophene rings is 1. The van der Waals surface area contributed by atoms with Crippen LogP contribution in [-0.2, 0) is 15.2 Å². The van der Waals surface area contributed by atoms with E-state index in [1.165, 1.54) is 11.3 Å². The minimum Gasteiger partial charge on any atom is -0.476 e. The van der Waals surface area contributed by atoms with Crippen molar-refractivity contribution < 1.29 is 14.7 Å². The summed E-state index contributed by atoms with van der Waals surface area (Å²) in [6.07, 6.45) is 0. The van der Waals surface area contributed by atoms with E-state index in [9.17, 15) is 9.90 Å². The van der Waals surface area contributed by atoms with Gasteiger partial charge in [-0.1, -0.05) is 102 Å². The molecular formula is C25H19NO3S. The Hall–Kier alpha value is -3.70. The van der Waals surface area contributed by atoms with E-state index in [2.05, 4.69) is 5.16 Å². The molecule has 0 fully saturated rings. The van der Waals surface area contributed by atoms with Crippen molar-refractivity contribution >= 4 is 23.0 Å². The number of carboxylic acid groups (broad SMARTS) is 1. The van der Waals surface area contributed by atoms with Gasteiger partial charge in [0.15, 0.2) is 0 Å². The van der Waals surface area contributed by atoms with Crippen LogP contribution in [0.1, 0.15) is 21.6 Å². The van der Waals surface area contributed by atoms with E-state index in [4.69, 9.17) is 4.84 Å². The molecule has 1 N–H and O–H groups in total. The minimum absolute atomic E-state index is 0.128. The quantitative estimate of drug-likeness (QED) is 0.246. The number of hydrogen-bond acceptors (Lipinski definition) is 4. The first-order chi connectivity index (χ1) is 14.7. The molecule has 0 aliphatic rings. The molecule has 30 heavy (non-hydrogen) atoms. The second-order valence-electron chi connectivity index (χ2n) is 6.59. The number of carboxylic acids is 1. The van der Waals surface area contributed by atoms with Crippen LogP contribution in [0, 0.1) is 0 Å². The van der Waals surface area contributed by atoms with Crippen molar-refractivity contribution in [3.8, 4) is 0 Å². The van der Waals surface area contributed by atoms with Crippen LogP contribution in [0.3, 0.4) is 0 Å². The third kappa shape index (κ3) is 3.75. The predicted molar refractivity (Wildman–Crippen MR) is 119 cm³/mol. The summed E-state index contributed by atoms with van der Waals surface area (Å²) in [5, 5.41) is 15.8. The lowest BCUT2D eigenvalue weighted by Gasteiger charge is -2.33. The summed E-state index contributed by atoms with van der Waals surface area (Å²) >= 11 is 1.31. The molecule has 0 saturated heterocycles. The molecule has 0 aliphatic carbocycles. The first kappa shape index (κ1) is 19.6. The van der Waals surface area contributed by atoms with Crippen LogP contribution in [0.5, 0.6) is 0 Å². The van der Waals surface area contributed by atoms with E-state index in [0.717, 1.165) is 16.7 Å². The molecule has 148 valence electrons. The fourth-order valence-corrected chi connectivity index (χ4v) is 4.09. The van der Waals surface area contributed by atoms with Crippen molar-refractivity contribution in [3.05, 3.63) is 130 Å². The highest BCUT2D eigenvalue weighted by Gasteiger charge is 2.40. The highest BCUT2D eigenvalue weighted by molar-refractivity contribution is 7.13. The first-order valence-corrected chi connectivity index (χ1v) is 10.3. The Labute approximate surface area is 178 Å². The Kier molecular flexibility index (Phi) is 5.72. The number of hydrogen-bond donors (Lipinski definition) is 1. The van der Waals surface area contributed by atoms with E-state index >= 15 is 0 Å². The normalized spacial score (nSPS) is 11.8. The second kappa shape index (κ2) is 8.76. The summed E-state index contributed by atoms with van der Waals surface area (Å²) in [7, 11) is 0. The van der Waals surface area contributed by atoms with Crippen molar-refractivity contribution in [1.29, 1.82) is 0 Å². The van der Waals surface area contributed by atoms with Crippen LogP contribution in [0.4, 0.5) is 0 Å². The average Bonchev–Trinajstić information content (AvgIpc) is 3.33. The summed E-state index contributed by atoms with van der Waals surface area (Å²) in [6, 6.07) is 32.6. The molecule has 0 bridgehead atoms. The molecule has 0 atom stereocenters. The van der Waals surface area contributed by atoms with E-state index in [1.54, 1.807) is 12.1 Å². The highest BCUT2D eigenvalue weighted by atomic mass is 32.1. The maximum absolute atomic E-state index is 11.9. The summed E-state index contributed by atoms with van der Waals surface area (Å²) in [4.78, 5) is 18.7. The Morgan fingerprint density at radius 3 is 1.57 bits per heavy atom. The van der Waals surface area contributed by atoms with Gasteiger partial charge in [0.05, 0.1) is 4.88 Å². The first-order valence-electron chi connectivity index (χ1n) is 9.42. The maximum atomic E-state index is 11.9. The molecule has 1 aromatic heterocycles. The van der Waals surface area contributed by atoms with Gasteiger partial charge in [-0.05, 0) is 11.4 Å². The van der Waals surface area contributed by atoms with Crippen LogP contribution in [0.25, 0.3) is 0 Å². The number of benzene rings is 3. The molecule has 4 nitrogen and oxygen atoms in total. The van der Waals surface area contributed by atoms with E-state index < -0.39 is 11.6 Å². The molecule has 0 spiro atoms. The van der Waals surface area contributed by atoms with E-state index in [-0.39, 0.29) is 5.71 Å². The molecular weight excluding hydrogens is 394 g/mol. The van der Waals surface area contributed by atoms with E-state index in [1.807, 2.05) is 96.4 Å². The molecule has 5 heteroatoms. The summed E-state index contributed by atoms with van der Waals surface area (Å²) in [6.45, 7) is 0. The zero-order valence-electron chi connectivity index (χ0n) is 16.0. The molecule has 0 saturated carbocycles. The third-order valence-electron chi connectivity index (χ3n) is 4.77. The Morgan fingerprint density at radius 1 is 0.733 bits per heavy atom. The molecule has 0 radical (unpaired) electrons. The third-order valence-corrected chi connectivity index (χ3v) is 5.65. The van der Waals surface area contributed by atoms with Crippen molar-refractivity contribution in [2.75, 3.05) is 0 Å². The number of oxime groups is 1. The van der Waals surface area contributed by atoms with Crippen LogP contribution in [-0.4, -0.2) is 16.8 Å².